The lowest BCUT2D eigenvalue weighted by Gasteiger charge is -2.21. The van der Waals surface area contributed by atoms with Gasteiger partial charge in [-0.05, 0) is 56.6 Å². The molecule has 140 valence electrons. The minimum atomic E-state index is -0.282. The normalized spacial score (nSPS) is 17.5. The van der Waals surface area contributed by atoms with Crippen LogP contribution in [0.25, 0.3) is 0 Å². The van der Waals surface area contributed by atoms with E-state index in [-0.39, 0.29) is 17.2 Å². The van der Waals surface area contributed by atoms with Gasteiger partial charge in [0.25, 0.3) is 11.8 Å². The molecule has 1 heterocycles. The van der Waals surface area contributed by atoms with Gasteiger partial charge in [-0.1, -0.05) is 30.3 Å². The molecule has 0 bridgehead atoms. The molecule has 2 amide bonds. The zero-order chi connectivity index (χ0) is 19.2. The minimum Gasteiger partial charge on any atom is -0.398 e. The van der Waals surface area contributed by atoms with Crippen molar-refractivity contribution in [3.8, 4) is 0 Å². The summed E-state index contributed by atoms with van der Waals surface area (Å²) in [7, 11) is 4.22. The molecule has 2 aromatic rings. The SMILES string of the molecule is CN(C)CC1(c2cccc(CCN3C(=O)c4cccc(N)c4C3=O)c2)CC1. The molecule has 0 radical (unpaired) electrons. The van der Waals surface area contributed by atoms with Gasteiger partial charge in [0, 0.05) is 24.2 Å². The summed E-state index contributed by atoms with van der Waals surface area (Å²) in [5.74, 6) is -0.528. The molecule has 0 atom stereocenters. The summed E-state index contributed by atoms with van der Waals surface area (Å²) in [5, 5.41) is 0. The summed E-state index contributed by atoms with van der Waals surface area (Å²) in [6, 6.07) is 13.6. The monoisotopic (exact) mass is 363 g/mol. The van der Waals surface area contributed by atoms with Crippen molar-refractivity contribution in [2.75, 3.05) is 32.9 Å². The maximum atomic E-state index is 12.6. The van der Waals surface area contributed by atoms with Gasteiger partial charge < -0.3 is 10.6 Å². The molecule has 4 rings (SSSR count). The molecular weight excluding hydrogens is 338 g/mol. The Bertz CT molecular complexity index is 916. The Morgan fingerprint density at radius 3 is 2.48 bits per heavy atom. The molecule has 1 aliphatic heterocycles. The van der Waals surface area contributed by atoms with Crippen molar-refractivity contribution >= 4 is 17.5 Å². The highest BCUT2D eigenvalue weighted by molar-refractivity contribution is 6.23. The summed E-state index contributed by atoms with van der Waals surface area (Å²) in [6.07, 6.45) is 3.08. The number of hydrogen-bond donors (Lipinski definition) is 1. The number of imide groups is 1. The molecule has 0 unspecified atom stereocenters. The molecule has 5 heteroatoms. The van der Waals surface area contributed by atoms with E-state index < -0.39 is 0 Å². The number of nitrogens with zero attached hydrogens (tertiary/aromatic N) is 2. The van der Waals surface area contributed by atoms with Crippen molar-refractivity contribution in [3.63, 3.8) is 0 Å². The van der Waals surface area contributed by atoms with Gasteiger partial charge in [-0.15, -0.1) is 0 Å². The van der Waals surface area contributed by atoms with Crippen LogP contribution in [0.4, 0.5) is 5.69 Å². The minimum absolute atomic E-state index is 0.246. The molecule has 1 saturated carbocycles. The molecule has 1 fully saturated rings. The second-order valence-corrected chi connectivity index (χ2v) is 8.00. The Balaban J connectivity index is 1.49. The molecule has 1 aliphatic carbocycles. The zero-order valence-corrected chi connectivity index (χ0v) is 15.9. The number of nitrogen functional groups attached to an aromatic ring is 1. The Morgan fingerprint density at radius 2 is 1.81 bits per heavy atom. The topological polar surface area (TPSA) is 66.6 Å². The molecule has 2 N–H and O–H groups in total. The highest BCUT2D eigenvalue weighted by Crippen LogP contribution is 2.48. The molecule has 2 aromatic carbocycles. The fourth-order valence-corrected chi connectivity index (χ4v) is 4.15. The largest absolute Gasteiger partial charge is 0.398 e. The molecule has 2 aliphatic rings. The van der Waals surface area contributed by atoms with Crippen LogP contribution in [-0.4, -0.2) is 48.8 Å². The second kappa shape index (κ2) is 6.50. The van der Waals surface area contributed by atoms with Gasteiger partial charge in [-0.3, -0.25) is 14.5 Å². The number of likely N-dealkylation sites (N-methyl/N-ethyl adjacent to an activating group) is 1. The number of amides is 2. The van der Waals surface area contributed by atoms with E-state index in [1.54, 1.807) is 18.2 Å². The fraction of sp³-hybridized carbons (Fsp3) is 0.364. The van der Waals surface area contributed by atoms with Gasteiger partial charge in [0.1, 0.15) is 0 Å². The first-order chi connectivity index (χ1) is 12.9. The predicted molar refractivity (Wildman–Crippen MR) is 106 cm³/mol. The number of hydrogen-bond acceptors (Lipinski definition) is 4. The van der Waals surface area contributed by atoms with Crippen molar-refractivity contribution in [1.82, 2.24) is 9.80 Å². The van der Waals surface area contributed by atoms with Crippen LogP contribution in [0, 0.1) is 0 Å². The molecule has 0 spiro atoms. The number of anilines is 1. The van der Waals surface area contributed by atoms with Crippen LogP contribution >= 0.6 is 0 Å². The van der Waals surface area contributed by atoms with Gasteiger partial charge in [-0.2, -0.15) is 0 Å². The van der Waals surface area contributed by atoms with Gasteiger partial charge >= 0.3 is 0 Å². The Labute approximate surface area is 159 Å². The smallest absolute Gasteiger partial charge is 0.263 e. The third-order valence-electron chi connectivity index (χ3n) is 5.67. The summed E-state index contributed by atoms with van der Waals surface area (Å²) in [5.41, 5.74) is 9.82. The quantitative estimate of drug-likeness (QED) is 0.633. The van der Waals surface area contributed by atoms with Gasteiger partial charge in [-0.25, -0.2) is 0 Å². The number of nitrogens with two attached hydrogens (primary N) is 1. The van der Waals surface area contributed by atoms with Gasteiger partial charge in [0.2, 0.25) is 0 Å². The van der Waals surface area contributed by atoms with Crippen LogP contribution in [0.1, 0.15) is 44.7 Å². The Hall–Kier alpha value is -2.66. The molecule has 5 nitrogen and oxygen atoms in total. The maximum absolute atomic E-state index is 12.6. The molecule has 27 heavy (non-hydrogen) atoms. The van der Waals surface area contributed by atoms with Gasteiger partial charge in [0.05, 0.1) is 11.1 Å². The average Bonchev–Trinajstić information content (AvgIpc) is 3.36. The van der Waals surface area contributed by atoms with Crippen LogP contribution < -0.4 is 5.73 Å². The molecule has 0 saturated heterocycles. The van der Waals surface area contributed by atoms with E-state index in [4.69, 9.17) is 5.73 Å². The summed E-state index contributed by atoms with van der Waals surface area (Å²) in [6.45, 7) is 1.42. The summed E-state index contributed by atoms with van der Waals surface area (Å²) < 4.78 is 0. The molecular formula is C22H25N3O2. The summed E-state index contributed by atoms with van der Waals surface area (Å²) >= 11 is 0. The Kier molecular flexibility index (Phi) is 4.27. The lowest BCUT2D eigenvalue weighted by molar-refractivity contribution is 0.0656. The standard InChI is InChI=1S/C22H25N3O2/c1-24(2)14-22(10-11-22)16-6-3-5-15(13-16)9-12-25-20(26)17-7-4-8-18(23)19(17)21(25)27/h3-8,13H,9-12,14,23H2,1-2H3. The van der Waals surface area contributed by atoms with Crippen LogP contribution in [0.2, 0.25) is 0 Å². The van der Waals surface area contributed by atoms with Crippen molar-refractivity contribution in [1.29, 1.82) is 0 Å². The first-order valence-corrected chi connectivity index (χ1v) is 9.40. The van der Waals surface area contributed by atoms with Crippen LogP contribution in [-0.2, 0) is 11.8 Å². The van der Waals surface area contributed by atoms with E-state index in [2.05, 4.69) is 43.3 Å². The van der Waals surface area contributed by atoms with Gasteiger partial charge in [0.15, 0.2) is 0 Å². The first kappa shape index (κ1) is 17.7. The maximum Gasteiger partial charge on any atom is 0.263 e. The third kappa shape index (κ3) is 3.12. The van der Waals surface area contributed by atoms with Crippen molar-refractivity contribution in [3.05, 3.63) is 64.7 Å². The lowest BCUT2D eigenvalue weighted by Crippen LogP contribution is -2.32. The first-order valence-electron chi connectivity index (χ1n) is 9.40. The number of benzene rings is 2. The number of carbonyl (C=O) groups excluding carboxylic acids is 2. The molecule has 0 aromatic heterocycles. The van der Waals surface area contributed by atoms with E-state index in [9.17, 15) is 9.59 Å². The lowest BCUT2D eigenvalue weighted by atomic mass is 9.93. The van der Waals surface area contributed by atoms with Crippen molar-refractivity contribution in [2.24, 2.45) is 0 Å². The van der Waals surface area contributed by atoms with Crippen LogP contribution in [0.5, 0.6) is 0 Å². The van der Waals surface area contributed by atoms with E-state index in [0.29, 0.717) is 29.8 Å². The highest BCUT2D eigenvalue weighted by Gasteiger charge is 2.44. The number of carbonyl (C=O) groups is 2. The van der Waals surface area contributed by atoms with E-state index >= 15 is 0 Å². The average molecular weight is 363 g/mol. The Morgan fingerprint density at radius 1 is 1.07 bits per heavy atom. The predicted octanol–water partition coefficient (Wildman–Crippen LogP) is 2.70. The van der Waals surface area contributed by atoms with E-state index in [1.165, 1.54) is 23.3 Å². The third-order valence-corrected chi connectivity index (χ3v) is 5.67. The van der Waals surface area contributed by atoms with Crippen LogP contribution in [0.15, 0.2) is 42.5 Å². The fourth-order valence-electron chi connectivity index (χ4n) is 4.15. The van der Waals surface area contributed by atoms with Crippen molar-refractivity contribution in [2.45, 2.75) is 24.7 Å². The summed E-state index contributed by atoms with van der Waals surface area (Å²) in [4.78, 5) is 28.8. The van der Waals surface area contributed by atoms with Crippen LogP contribution in [0.3, 0.4) is 0 Å². The van der Waals surface area contributed by atoms with E-state index in [1.807, 2.05) is 0 Å². The highest BCUT2D eigenvalue weighted by atomic mass is 16.2. The van der Waals surface area contributed by atoms with E-state index in [0.717, 1.165) is 12.1 Å². The second-order valence-electron chi connectivity index (χ2n) is 8.00. The number of rotatable bonds is 6. The van der Waals surface area contributed by atoms with Crippen molar-refractivity contribution < 1.29 is 9.59 Å². The zero-order valence-electron chi connectivity index (χ0n) is 15.9. The number of fused-ring (bicyclic) bond motifs is 1.